The van der Waals surface area contributed by atoms with E-state index in [-0.39, 0.29) is 36.0 Å². The molecule has 1 aromatic carbocycles. The first-order valence-corrected chi connectivity index (χ1v) is 10.5. The van der Waals surface area contributed by atoms with Crippen molar-refractivity contribution in [3.8, 4) is 5.75 Å². The molecule has 0 aliphatic carbocycles. The molecule has 1 aromatic rings. The first-order chi connectivity index (χ1) is 13.6. The van der Waals surface area contributed by atoms with Crippen molar-refractivity contribution in [2.24, 2.45) is 16.3 Å². The second kappa shape index (κ2) is 14.0. The Morgan fingerprint density at radius 1 is 1.28 bits per heavy atom. The van der Waals surface area contributed by atoms with Gasteiger partial charge in [-0.3, -0.25) is 4.99 Å². The number of nitrogens with one attached hydrogen (secondary N) is 2. The third-order valence-electron chi connectivity index (χ3n) is 4.96. The monoisotopic (exact) mass is 519 g/mol. The lowest BCUT2D eigenvalue weighted by Crippen LogP contribution is -2.39. The molecule has 2 rings (SSSR count). The molecule has 0 aromatic heterocycles. The van der Waals surface area contributed by atoms with Crippen LogP contribution in [0.3, 0.4) is 0 Å². The molecule has 0 saturated carbocycles. The standard InChI is InChI=1S/C22H37N3O3.HI/c1-4-23-21(25-16-22(10-13-26)11-14-27-17-22)24-12-9-19-5-7-20(8-6-19)28-15-18(2)3;/h5-8,18,26H,4,9-17H2,1-3H3,(H2,23,24,25);1H. The van der Waals surface area contributed by atoms with Gasteiger partial charge in [-0.1, -0.05) is 26.0 Å². The fraction of sp³-hybridized carbons (Fsp3) is 0.682. The number of hydrogen-bond donors (Lipinski definition) is 3. The van der Waals surface area contributed by atoms with Gasteiger partial charge in [0.2, 0.25) is 0 Å². The van der Waals surface area contributed by atoms with Gasteiger partial charge in [0.1, 0.15) is 5.75 Å². The van der Waals surface area contributed by atoms with Crippen molar-refractivity contribution in [3.63, 3.8) is 0 Å². The maximum Gasteiger partial charge on any atom is 0.191 e. The molecule has 0 amide bonds. The Hall–Kier alpha value is -1.06. The van der Waals surface area contributed by atoms with Crippen molar-refractivity contribution >= 4 is 29.9 Å². The van der Waals surface area contributed by atoms with Crippen LogP contribution >= 0.6 is 24.0 Å². The van der Waals surface area contributed by atoms with E-state index in [0.717, 1.165) is 57.3 Å². The van der Waals surface area contributed by atoms with E-state index in [2.05, 4.69) is 43.5 Å². The van der Waals surface area contributed by atoms with Crippen molar-refractivity contribution < 1.29 is 14.6 Å². The summed E-state index contributed by atoms with van der Waals surface area (Å²) in [6.45, 7) is 11.0. The van der Waals surface area contributed by atoms with Crippen LogP contribution in [-0.4, -0.2) is 57.1 Å². The Kier molecular flexibility index (Phi) is 12.6. The molecule has 7 heteroatoms. The third-order valence-corrected chi connectivity index (χ3v) is 4.96. The maximum atomic E-state index is 9.36. The van der Waals surface area contributed by atoms with Crippen molar-refractivity contribution in [2.75, 3.05) is 46.1 Å². The highest BCUT2D eigenvalue weighted by atomic mass is 127. The quantitative estimate of drug-likeness (QED) is 0.238. The maximum absolute atomic E-state index is 9.36. The van der Waals surface area contributed by atoms with E-state index in [0.29, 0.717) is 19.1 Å². The molecular formula is C22H38IN3O3. The largest absolute Gasteiger partial charge is 0.493 e. The normalized spacial score (nSPS) is 19.1. The van der Waals surface area contributed by atoms with E-state index in [1.54, 1.807) is 0 Å². The number of hydrogen-bond acceptors (Lipinski definition) is 4. The summed E-state index contributed by atoms with van der Waals surface area (Å²) in [5.41, 5.74) is 1.24. The van der Waals surface area contributed by atoms with Gasteiger partial charge in [-0.25, -0.2) is 0 Å². The third kappa shape index (κ3) is 9.53. The molecule has 0 radical (unpaired) electrons. The number of halogens is 1. The van der Waals surface area contributed by atoms with Crippen molar-refractivity contribution in [1.82, 2.24) is 10.6 Å². The highest BCUT2D eigenvalue weighted by molar-refractivity contribution is 14.0. The predicted molar refractivity (Wildman–Crippen MR) is 129 cm³/mol. The molecule has 1 aliphatic heterocycles. The van der Waals surface area contributed by atoms with E-state index in [4.69, 9.17) is 14.5 Å². The van der Waals surface area contributed by atoms with E-state index in [1.165, 1.54) is 5.56 Å². The lowest BCUT2D eigenvalue weighted by Gasteiger charge is -2.24. The smallest absolute Gasteiger partial charge is 0.191 e. The Morgan fingerprint density at radius 2 is 2.03 bits per heavy atom. The number of aliphatic hydroxyl groups excluding tert-OH is 1. The molecule has 6 nitrogen and oxygen atoms in total. The summed E-state index contributed by atoms with van der Waals surface area (Å²) in [4.78, 5) is 4.76. The van der Waals surface area contributed by atoms with Gasteiger partial charge in [0, 0.05) is 31.7 Å². The first-order valence-electron chi connectivity index (χ1n) is 10.5. The van der Waals surface area contributed by atoms with Gasteiger partial charge in [-0.15, -0.1) is 24.0 Å². The molecule has 1 unspecified atom stereocenters. The highest BCUT2D eigenvalue weighted by Crippen LogP contribution is 2.32. The number of ether oxygens (including phenoxy) is 2. The summed E-state index contributed by atoms with van der Waals surface area (Å²) in [5, 5.41) is 16.1. The van der Waals surface area contributed by atoms with Crippen LogP contribution in [0.1, 0.15) is 39.2 Å². The molecule has 1 saturated heterocycles. The first kappa shape index (κ1) is 26.0. The van der Waals surface area contributed by atoms with Crippen LogP contribution in [0.25, 0.3) is 0 Å². The zero-order valence-corrected chi connectivity index (χ0v) is 20.4. The molecule has 0 spiro atoms. The van der Waals surface area contributed by atoms with Crippen LogP contribution in [0.5, 0.6) is 5.75 Å². The number of nitrogens with zero attached hydrogens (tertiary/aromatic N) is 1. The minimum Gasteiger partial charge on any atom is -0.493 e. The molecule has 166 valence electrons. The summed E-state index contributed by atoms with van der Waals surface area (Å²) in [5.74, 6) is 2.27. The lowest BCUT2D eigenvalue weighted by molar-refractivity contribution is 0.131. The number of rotatable bonds is 11. The van der Waals surface area contributed by atoms with E-state index in [9.17, 15) is 5.11 Å². The fourth-order valence-corrected chi connectivity index (χ4v) is 3.22. The average Bonchev–Trinajstić information content (AvgIpc) is 3.14. The van der Waals surface area contributed by atoms with E-state index >= 15 is 0 Å². The SMILES string of the molecule is CCNC(=NCC1(CCO)CCOC1)NCCc1ccc(OCC(C)C)cc1.I. The van der Waals surface area contributed by atoms with Crippen molar-refractivity contribution in [3.05, 3.63) is 29.8 Å². The Labute approximate surface area is 192 Å². The molecule has 1 fully saturated rings. The minimum absolute atomic E-state index is 0. The van der Waals surface area contributed by atoms with Gasteiger partial charge >= 0.3 is 0 Å². The minimum atomic E-state index is -0.0249. The summed E-state index contributed by atoms with van der Waals surface area (Å²) >= 11 is 0. The van der Waals surface area contributed by atoms with Crippen LogP contribution in [0.15, 0.2) is 29.3 Å². The van der Waals surface area contributed by atoms with Crippen LogP contribution in [0, 0.1) is 11.3 Å². The van der Waals surface area contributed by atoms with Gasteiger partial charge in [-0.2, -0.15) is 0 Å². The summed E-state index contributed by atoms with van der Waals surface area (Å²) < 4.78 is 11.3. The average molecular weight is 519 g/mol. The zero-order valence-electron chi connectivity index (χ0n) is 18.1. The van der Waals surface area contributed by atoms with E-state index in [1.807, 2.05) is 12.1 Å². The Balaban J connectivity index is 0.00000420. The van der Waals surface area contributed by atoms with Gasteiger partial charge in [0.15, 0.2) is 5.96 Å². The number of guanidine groups is 1. The molecule has 1 heterocycles. The second-order valence-electron chi connectivity index (χ2n) is 8.00. The van der Waals surface area contributed by atoms with Crippen molar-refractivity contribution in [2.45, 2.75) is 40.0 Å². The molecular weight excluding hydrogens is 481 g/mol. The topological polar surface area (TPSA) is 75.1 Å². The van der Waals surface area contributed by atoms with Gasteiger partial charge in [0.05, 0.1) is 19.8 Å². The Bertz CT molecular complexity index is 587. The second-order valence-corrected chi connectivity index (χ2v) is 8.00. The van der Waals surface area contributed by atoms with E-state index < -0.39 is 0 Å². The molecule has 3 N–H and O–H groups in total. The summed E-state index contributed by atoms with van der Waals surface area (Å²) in [6.07, 6.45) is 2.61. The molecule has 1 atom stereocenters. The molecule has 29 heavy (non-hydrogen) atoms. The van der Waals surface area contributed by atoms with Gasteiger partial charge < -0.3 is 25.2 Å². The lowest BCUT2D eigenvalue weighted by atomic mass is 9.84. The molecule has 0 bridgehead atoms. The highest BCUT2D eigenvalue weighted by Gasteiger charge is 2.34. The summed E-state index contributed by atoms with van der Waals surface area (Å²) in [7, 11) is 0. The van der Waals surface area contributed by atoms with Crippen molar-refractivity contribution in [1.29, 1.82) is 0 Å². The zero-order chi connectivity index (χ0) is 20.2. The fourth-order valence-electron chi connectivity index (χ4n) is 3.22. The predicted octanol–water partition coefficient (Wildman–Crippen LogP) is 3.23. The number of benzene rings is 1. The molecule has 1 aliphatic rings. The van der Waals surface area contributed by atoms with Crippen LogP contribution in [0.2, 0.25) is 0 Å². The van der Waals surface area contributed by atoms with Crippen LogP contribution in [0.4, 0.5) is 0 Å². The van der Waals surface area contributed by atoms with Crippen LogP contribution < -0.4 is 15.4 Å². The van der Waals surface area contributed by atoms with Gasteiger partial charge in [-0.05, 0) is 49.8 Å². The number of aliphatic hydroxyl groups is 1. The summed E-state index contributed by atoms with van der Waals surface area (Å²) in [6, 6.07) is 8.31. The van der Waals surface area contributed by atoms with Crippen LogP contribution in [-0.2, 0) is 11.2 Å². The van der Waals surface area contributed by atoms with Gasteiger partial charge in [0.25, 0.3) is 0 Å². The number of aliphatic imine (C=N–C) groups is 1. The Morgan fingerprint density at radius 3 is 2.62 bits per heavy atom.